The molecule has 0 radical (unpaired) electrons. The average Bonchev–Trinajstić information content (AvgIpc) is 3.54. The van der Waals surface area contributed by atoms with Gasteiger partial charge in [0.05, 0.1) is 0 Å². The van der Waals surface area contributed by atoms with Crippen LogP contribution in [0.3, 0.4) is 0 Å². The number of aliphatic carboxylic acids is 1. The Morgan fingerprint density at radius 1 is 1.35 bits per heavy atom. The molecule has 5 heterocycles. The van der Waals surface area contributed by atoms with Crippen molar-refractivity contribution >= 4 is 93.0 Å². The molecule has 37 heavy (non-hydrogen) atoms. The summed E-state index contributed by atoms with van der Waals surface area (Å²) in [5.74, 6) is -0.206. The van der Waals surface area contributed by atoms with E-state index in [2.05, 4.69) is 31.0 Å². The molecule has 0 saturated carbocycles. The molecule has 194 valence electrons. The second-order valence-electron chi connectivity index (χ2n) is 7.62. The third kappa shape index (κ3) is 5.47. The molecule has 2 atom stereocenters. The fraction of sp³-hybridized carbons (Fsp3) is 0.368. The Hall–Kier alpha value is -2.67. The summed E-state index contributed by atoms with van der Waals surface area (Å²) in [6.45, 7) is 0. The molecule has 2 aromatic heterocycles. The van der Waals surface area contributed by atoms with E-state index in [4.69, 9.17) is 4.84 Å². The number of hydrogen-bond acceptors (Lipinski definition) is 14. The SMILES string of the molecule is O=CNc1nc(C(=NOC2CSC2)C(=O)NC2C(=O)N3C(C(=O)O)=C(CSc4nncs4)CS[C@@H]23)cs1. The first-order valence-electron chi connectivity index (χ1n) is 10.5. The highest BCUT2D eigenvalue weighted by atomic mass is 32.2. The van der Waals surface area contributed by atoms with Crippen LogP contribution in [0.25, 0.3) is 0 Å². The molecule has 0 aliphatic carbocycles. The molecular weight excluding hydrogens is 583 g/mol. The van der Waals surface area contributed by atoms with Crippen LogP contribution >= 0.6 is 58.0 Å². The minimum Gasteiger partial charge on any atom is -0.477 e. The maximum Gasteiger partial charge on any atom is 0.352 e. The molecule has 2 aromatic rings. The van der Waals surface area contributed by atoms with E-state index in [0.29, 0.717) is 27.8 Å². The number of thiazole rings is 1. The van der Waals surface area contributed by atoms with Crippen LogP contribution in [0.4, 0.5) is 5.13 Å². The molecule has 3 aliphatic rings. The highest BCUT2D eigenvalue weighted by Gasteiger charge is 2.54. The number of carboxylic acid groups (broad SMARTS) is 1. The number of nitrogens with zero attached hydrogens (tertiary/aromatic N) is 5. The van der Waals surface area contributed by atoms with Crippen molar-refractivity contribution in [2.45, 2.75) is 21.9 Å². The summed E-state index contributed by atoms with van der Waals surface area (Å²) in [4.78, 5) is 59.9. The lowest BCUT2D eigenvalue weighted by atomic mass is 10.0. The van der Waals surface area contributed by atoms with Crippen molar-refractivity contribution in [2.24, 2.45) is 5.16 Å². The van der Waals surface area contributed by atoms with Crippen LogP contribution in [0.15, 0.2) is 31.7 Å². The predicted octanol–water partition coefficient (Wildman–Crippen LogP) is 0.930. The summed E-state index contributed by atoms with van der Waals surface area (Å²) in [6, 6.07) is -0.945. The number of thioether (sulfide) groups is 3. The predicted molar refractivity (Wildman–Crippen MR) is 141 cm³/mol. The van der Waals surface area contributed by atoms with Crippen molar-refractivity contribution < 1.29 is 29.1 Å². The fourth-order valence-electron chi connectivity index (χ4n) is 3.48. The molecule has 2 fully saturated rings. The molecule has 0 bridgehead atoms. The molecule has 5 rings (SSSR count). The smallest absolute Gasteiger partial charge is 0.352 e. The number of carbonyl (C=O) groups excluding carboxylic acids is 3. The molecular formula is C19H17N7O6S5. The van der Waals surface area contributed by atoms with Crippen LogP contribution in [-0.2, 0) is 24.0 Å². The lowest BCUT2D eigenvalue weighted by molar-refractivity contribution is -0.150. The lowest BCUT2D eigenvalue weighted by Crippen LogP contribution is -2.71. The largest absolute Gasteiger partial charge is 0.477 e. The summed E-state index contributed by atoms with van der Waals surface area (Å²) in [5.41, 5.74) is 2.16. The number of oxime groups is 1. The van der Waals surface area contributed by atoms with Gasteiger partial charge in [0.2, 0.25) is 6.41 Å². The van der Waals surface area contributed by atoms with Gasteiger partial charge in [-0.15, -0.1) is 33.3 Å². The van der Waals surface area contributed by atoms with Gasteiger partial charge in [-0.25, -0.2) is 9.78 Å². The van der Waals surface area contributed by atoms with Gasteiger partial charge in [0.25, 0.3) is 11.8 Å². The van der Waals surface area contributed by atoms with Gasteiger partial charge in [0.1, 0.15) is 34.4 Å². The van der Waals surface area contributed by atoms with Gasteiger partial charge in [0, 0.05) is 28.4 Å². The van der Waals surface area contributed by atoms with Crippen molar-refractivity contribution in [3.8, 4) is 0 Å². The second kappa shape index (κ2) is 11.4. The topological polar surface area (TPSA) is 176 Å². The highest BCUT2D eigenvalue weighted by molar-refractivity contribution is 8.02. The molecule has 3 N–H and O–H groups in total. The molecule has 2 saturated heterocycles. The lowest BCUT2D eigenvalue weighted by Gasteiger charge is -2.49. The third-order valence-electron chi connectivity index (χ3n) is 5.29. The van der Waals surface area contributed by atoms with Gasteiger partial charge in [-0.1, -0.05) is 28.3 Å². The minimum atomic E-state index is -1.21. The van der Waals surface area contributed by atoms with Crippen molar-refractivity contribution in [1.82, 2.24) is 25.4 Å². The molecule has 3 amide bonds. The number of carboxylic acids is 1. The zero-order valence-corrected chi connectivity index (χ0v) is 22.6. The van der Waals surface area contributed by atoms with E-state index in [-0.39, 0.29) is 28.3 Å². The monoisotopic (exact) mass is 599 g/mol. The Morgan fingerprint density at radius 3 is 2.86 bits per heavy atom. The molecule has 0 spiro atoms. The van der Waals surface area contributed by atoms with Crippen molar-refractivity contribution in [1.29, 1.82) is 0 Å². The first-order valence-corrected chi connectivity index (χ1v) is 15.5. The Morgan fingerprint density at radius 2 is 2.19 bits per heavy atom. The van der Waals surface area contributed by atoms with Gasteiger partial charge >= 0.3 is 5.97 Å². The number of β-lactam (4-membered cyclic amide) rings is 1. The van der Waals surface area contributed by atoms with E-state index < -0.39 is 29.2 Å². The second-order valence-corrected chi connectivity index (χ2v) is 12.7. The van der Waals surface area contributed by atoms with E-state index in [1.807, 2.05) is 0 Å². The van der Waals surface area contributed by atoms with Crippen LogP contribution in [0.2, 0.25) is 0 Å². The zero-order valence-electron chi connectivity index (χ0n) is 18.6. The molecule has 18 heteroatoms. The van der Waals surface area contributed by atoms with E-state index >= 15 is 0 Å². The van der Waals surface area contributed by atoms with Crippen molar-refractivity contribution in [3.63, 3.8) is 0 Å². The molecule has 0 aromatic carbocycles. The Bertz CT molecular complexity index is 1280. The number of nitrogens with one attached hydrogen (secondary N) is 2. The number of fused-ring (bicyclic) bond motifs is 1. The van der Waals surface area contributed by atoms with Crippen LogP contribution in [0.1, 0.15) is 5.69 Å². The van der Waals surface area contributed by atoms with Crippen LogP contribution < -0.4 is 10.6 Å². The molecule has 3 aliphatic heterocycles. The van der Waals surface area contributed by atoms with E-state index in [0.717, 1.165) is 22.8 Å². The maximum absolute atomic E-state index is 13.2. The van der Waals surface area contributed by atoms with Gasteiger partial charge in [-0.2, -0.15) is 11.8 Å². The van der Waals surface area contributed by atoms with Crippen LogP contribution in [0.5, 0.6) is 0 Å². The minimum absolute atomic E-state index is 0.0694. The summed E-state index contributed by atoms with van der Waals surface area (Å²) in [5, 5.41) is 27.9. The maximum atomic E-state index is 13.2. The number of rotatable bonds is 11. The third-order valence-corrected chi connectivity index (χ3v) is 10.6. The van der Waals surface area contributed by atoms with Crippen molar-refractivity contribution in [3.05, 3.63) is 27.9 Å². The van der Waals surface area contributed by atoms with Crippen LogP contribution in [0, 0.1) is 0 Å². The van der Waals surface area contributed by atoms with Gasteiger partial charge < -0.3 is 20.6 Å². The number of anilines is 1. The number of carbonyl (C=O) groups is 4. The molecule has 13 nitrogen and oxygen atoms in total. The Kier molecular flexibility index (Phi) is 7.98. The van der Waals surface area contributed by atoms with Crippen molar-refractivity contribution in [2.75, 3.05) is 28.3 Å². The normalized spacial score (nSPS) is 21.6. The number of hydrogen-bond donors (Lipinski definition) is 3. The Balaban J connectivity index is 1.31. The quantitative estimate of drug-likeness (QED) is 0.110. The number of aromatic nitrogens is 3. The first kappa shape index (κ1) is 26.0. The molecule has 1 unspecified atom stereocenters. The van der Waals surface area contributed by atoms with Gasteiger partial charge in [-0.3, -0.25) is 19.3 Å². The zero-order chi connectivity index (χ0) is 25.9. The summed E-state index contributed by atoms with van der Waals surface area (Å²) in [6.07, 6.45) is 0.339. The fourth-order valence-corrected chi connectivity index (χ4v) is 7.66. The standard InChI is InChI=1S/C19H17N7O6S5/c27-6-20-18-22-10(5-35-18)11(25-32-9-3-33-4-9)14(28)23-12-15(29)26-13(17(30)31)8(1-34-16(12)26)2-36-19-24-21-7-37-19/h5-7,9,12,16H,1-4H2,(H,23,28)(H,30,31)(H,20,22,27)/t12?,16-/m0/s1. The van der Waals surface area contributed by atoms with Gasteiger partial charge in [0.15, 0.2) is 15.2 Å². The van der Waals surface area contributed by atoms with E-state index in [1.165, 1.54) is 39.8 Å². The highest BCUT2D eigenvalue weighted by Crippen LogP contribution is 2.41. The first-order chi connectivity index (χ1) is 18.0. The number of amides is 3. The summed E-state index contributed by atoms with van der Waals surface area (Å²) >= 11 is 6.86. The summed E-state index contributed by atoms with van der Waals surface area (Å²) in [7, 11) is 0. The Labute approximate surface area is 229 Å². The van der Waals surface area contributed by atoms with E-state index in [1.54, 1.807) is 22.7 Å². The average molecular weight is 600 g/mol. The van der Waals surface area contributed by atoms with Crippen LogP contribution in [-0.4, -0.2) is 95.6 Å². The summed E-state index contributed by atoms with van der Waals surface area (Å²) < 4.78 is 0.701. The van der Waals surface area contributed by atoms with E-state index in [9.17, 15) is 24.3 Å². The van der Waals surface area contributed by atoms with Gasteiger partial charge in [-0.05, 0) is 5.57 Å².